The molecule has 0 aliphatic rings. The van der Waals surface area contributed by atoms with Gasteiger partial charge in [0.25, 0.3) is 5.91 Å². The summed E-state index contributed by atoms with van der Waals surface area (Å²) in [5.74, 6) is -0.582. The van der Waals surface area contributed by atoms with E-state index in [4.69, 9.17) is 10.5 Å². The Morgan fingerprint density at radius 1 is 0.966 bits per heavy atom. The number of nitrogens with two attached hydrogens (primary N) is 1. The predicted octanol–water partition coefficient (Wildman–Crippen LogP) is 1.91. The molecular formula is C21H25N3O5. The molecule has 0 saturated carbocycles. The summed E-state index contributed by atoms with van der Waals surface area (Å²) < 4.78 is 5.67. The lowest BCUT2D eigenvalue weighted by Gasteiger charge is -2.15. The number of aliphatic carboxylic acids is 1. The maximum atomic E-state index is 12.4. The van der Waals surface area contributed by atoms with Crippen molar-refractivity contribution in [3.8, 4) is 11.5 Å². The average Bonchev–Trinajstić information content (AvgIpc) is 2.73. The molecule has 8 nitrogen and oxygen atoms in total. The van der Waals surface area contributed by atoms with Gasteiger partial charge in [-0.05, 0) is 55.7 Å². The Morgan fingerprint density at radius 2 is 1.62 bits per heavy atom. The Balaban J connectivity index is 1.84. The number of amides is 2. The number of carboxylic acids is 1. The second-order valence-corrected chi connectivity index (χ2v) is 6.35. The first-order chi connectivity index (χ1) is 14.0. The van der Waals surface area contributed by atoms with Crippen molar-refractivity contribution in [1.29, 1.82) is 0 Å². The minimum Gasteiger partial charge on any atom is -0.480 e. The zero-order valence-electron chi connectivity index (χ0n) is 16.0. The van der Waals surface area contributed by atoms with Crippen molar-refractivity contribution in [1.82, 2.24) is 10.6 Å². The Kier molecular flexibility index (Phi) is 8.65. The summed E-state index contributed by atoms with van der Waals surface area (Å²) in [7, 11) is 0. The van der Waals surface area contributed by atoms with E-state index in [1.165, 1.54) is 0 Å². The molecule has 0 aliphatic carbocycles. The monoisotopic (exact) mass is 399 g/mol. The molecule has 0 saturated heterocycles. The third-order valence-corrected chi connectivity index (χ3v) is 4.13. The normalized spacial score (nSPS) is 11.3. The lowest BCUT2D eigenvalue weighted by molar-refractivity contribution is -0.139. The molecule has 0 aromatic heterocycles. The number of para-hydroxylation sites is 1. The molecule has 0 heterocycles. The lowest BCUT2D eigenvalue weighted by Crippen LogP contribution is -2.40. The number of nitrogens with one attached hydrogen (secondary N) is 2. The van der Waals surface area contributed by atoms with Gasteiger partial charge in [-0.15, -0.1) is 0 Å². The van der Waals surface area contributed by atoms with Crippen molar-refractivity contribution >= 4 is 17.8 Å². The molecule has 2 aromatic rings. The van der Waals surface area contributed by atoms with Crippen LogP contribution in [0.25, 0.3) is 0 Å². The predicted molar refractivity (Wildman–Crippen MR) is 108 cm³/mol. The molecule has 0 spiro atoms. The minimum atomic E-state index is -1.10. The smallest absolute Gasteiger partial charge is 0.326 e. The number of rotatable bonds is 11. The molecular weight excluding hydrogens is 374 g/mol. The first-order valence-corrected chi connectivity index (χ1v) is 9.33. The fraction of sp³-hybridized carbons (Fsp3) is 0.286. The fourth-order valence-electron chi connectivity index (χ4n) is 2.57. The van der Waals surface area contributed by atoms with Crippen molar-refractivity contribution in [2.45, 2.75) is 25.3 Å². The van der Waals surface area contributed by atoms with Crippen molar-refractivity contribution in [3.05, 3.63) is 60.2 Å². The Hall–Kier alpha value is -3.39. The summed E-state index contributed by atoms with van der Waals surface area (Å²) in [6, 6.07) is 14.7. The number of hydrogen-bond donors (Lipinski definition) is 4. The molecule has 0 fully saturated rings. The summed E-state index contributed by atoms with van der Waals surface area (Å²) in [6.07, 6.45) is 1.39. The molecule has 29 heavy (non-hydrogen) atoms. The van der Waals surface area contributed by atoms with Gasteiger partial charge in [0, 0.05) is 12.1 Å². The first kappa shape index (κ1) is 21.9. The van der Waals surface area contributed by atoms with E-state index in [2.05, 4.69) is 10.6 Å². The van der Waals surface area contributed by atoms with Crippen LogP contribution in [-0.4, -0.2) is 42.0 Å². The first-order valence-electron chi connectivity index (χ1n) is 9.33. The summed E-state index contributed by atoms with van der Waals surface area (Å²) in [4.78, 5) is 34.8. The van der Waals surface area contributed by atoms with Gasteiger partial charge in [-0.1, -0.05) is 18.2 Å². The van der Waals surface area contributed by atoms with Crippen LogP contribution in [0.5, 0.6) is 11.5 Å². The van der Waals surface area contributed by atoms with Crippen LogP contribution in [0, 0.1) is 0 Å². The van der Waals surface area contributed by atoms with Crippen LogP contribution in [0.15, 0.2) is 54.6 Å². The second kappa shape index (κ2) is 11.5. The highest BCUT2D eigenvalue weighted by atomic mass is 16.5. The van der Waals surface area contributed by atoms with Gasteiger partial charge in [0.05, 0.1) is 6.54 Å². The number of ether oxygens (including phenoxy) is 1. The third-order valence-electron chi connectivity index (χ3n) is 4.13. The number of unbranched alkanes of at least 4 members (excludes halogenated alkanes) is 1. The molecule has 8 heteroatoms. The van der Waals surface area contributed by atoms with Gasteiger partial charge in [0.2, 0.25) is 5.91 Å². The van der Waals surface area contributed by atoms with Gasteiger partial charge in [-0.2, -0.15) is 0 Å². The highest BCUT2D eigenvalue weighted by molar-refractivity contribution is 5.96. The molecule has 0 radical (unpaired) electrons. The largest absolute Gasteiger partial charge is 0.480 e. The van der Waals surface area contributed by atoms with E-state index in [1.807, 2.05) is 30.3 Å². The van der Waals surface area contributed by atoms with E-state index in [1.54, 1.807) is 24.3 Å². The second-order valence-electron chi connectivity index (χ2n) is 6.35. The number of carbonyl (C=O) groups excluding carboxylic acids is 2. The van der Waals surface area contributed by atoms with Crippen LogP contribution in [0.4, 0.5) is 0 Å². The van der Waals surface area contributed by atoms with Crippen molar-refractivity contribution in [2.75, 3.05) is 13.1 Å². The van der Waals surface area contributed by atoms with Crippen molar-refractivity contribution < 1.29 is 24.2 Å². The summed E-state index contributed by atoms with van der Waals surface area (Å²) in [6.45, 7) is 0.335. The van der Waals surface area contributed by atoms with Gasteiger partial charge < -0.3 is 26.2 Å². The van der Waals surface area contributed by atoms with Gasteiger partial charge in [0.15, 0.2) is 0 Å². The van der Waals surface area contributed by atoms with Crippen LogP contribution in [0.3, 0.4) is 0 Å². The molecule has 154 valence electrons. The zero-order chi connectivity index (χ0) is 21.1. The highest BCUT2D eigenvalue weighted by Gasteiger charge is 2.20. The van der Waals surface area contributed by atoms with Crippen molar-refractivity contribution in [2.24, 2.45) is 5.73 Å². The van der Waals surface area contributed by atoms with Crippen LogP contribution < -0.4 is 21.1 Å². The Labute approximate surface area is 169 Å². The fourth-order valence-corrected chi connectivity index (χ4v) is 2.57. The number of benzene rings is 2. The zero-order valence-corrected chi connectivity index (χ0v) is 16.0. The van der Waals surface area contributed by atoms with Gasteiger partial charge >= 0.3 is 5.97 Å². The van der Waals surface area contributed by atoms with Gasteiger partial charge in [-0.3, -0.25) is 9.59 Å². The van der Waals surface area contributed by atoms with E-state index in [0.29, 0.717) is 36.4 Å². The van der Waals surface area contributed by atoms with Crippen LogP contribution in [-0.2, 0) is 9.59 Å². The maximum absolute atomic E-state index is 12.4. The molecule has 2 rings (SSSR count). The van der Waals surface area contributed by atoms with Crippen LogP contribution in [0.1, 0.15) is 29.6 Å². The highest BCUT2D eigenvalue weighted by Crippen LogP contribution is 2.21. The molecule has 0 bridgehead atoms. The van der Waals surface area contributed by atoms with Gasteiger partial charge in [0.1, 0.15) is 17.5 Å². The van der Waals surface area contributed by atoms with E-state index in [9.17, 15) is 19.5 Å². The van der Waals surface area contributed by atoms with E-state index in [0.717, 1.165) is 0 Å². The number of hydrogen-bond acceptors (Lipinski definition) is 5. The van der Waals surface area contributed by atoms with Crippen LogP contribution in [0.2, 0.25) is 0 Å². The van der Waals surface area contributed by atoms with Crippen LogP contribution >= 0.6 is 0 Å². The number of carbonyl (C=O) groups is 3. The topological polar surface area (TPSA) is 131 Å². The van der Waals surface area contributed by atoms with E-state index < -0.39 is 17.9 Å². The summed E-state index contributed by atoms with van der Waals surface area (Å²) in [5, 5.41) is 14.5. The van der Waals surface area contributed by atoms with Crippen molar-refractivity contribution in [3.63, 3.8) is 0 Å². The molecule has 0 unspecified atom stereocenters. The number of carboxylic acid groups (broad SMARTS) is 1. The molecule has 2 amide bonds. The summed E-state index contributed by atoms with van der Waals surface area (Å²) in [5.41, 5.74) is 5.53. The quantitative estimate of drug-likeness (QED) is 0.427. The third kappa shape index (κ3) is 7.63. The SMILES string of the molecule is NCC(=O)NCCCC[C@H](NC(=O)c1ccc(Oc2ccccc2)cc1)C(=O)O. The molecule has 5 N–H and O–H groups in total. The molecule has 0 aliphatic heterocycles. The van der Waals surface area contributed by atoms with E-state index >= 15 is 0 Å². The standard InChI is InChI=1S/C21H25N3O5/c22-14-19(25)23-13-5-4-8-18(21(27)28)24-20(26)15-9-11-17(12-10-15)29-16-6-2-1-3-7-16/h1-3,6-7,9-12,18H,4-5,8,13-14,22H2,(H,23,25)(H,24,26)(H,27,28)/t18-/m0/s1. The minimum absolute atomic E-state index is 0.0804. The van der Waals surface area contributed by atoms with E-state index in [-0.39, 0.29) is 18.9 Å². The lowest BCUT2D eigenvalue weighted by atomic mass is 10.1. The average molecular weight is 399 g/mol. The Morgan fingerprint density at radius 3 is 2.24 bits per heavy atom. The summed E-state index contributed by atoms with van der Waals surface area (Å²) >= 11 is 0. The Bertz CT molecular complexity index is 809. The molecule has 1 atom stereocenters. The molecule has 2 aromatic carbocycles. The maximum Gasteiger partial charge on any atom is 0.326 e. The van der Waals surface area contributed by atoms with Gasteiger partial charge in [-0.25, -0.2) is 4.79 Å².